The molecule has 2 aromatic heterocycles. The summed E-state index contributed by atoms with van der Waals surface area (Å²) in [6.45, 7) is 5.31. The van der Waals surface area contributed by atoms with E-state index in [0.29, 0.717) is 0 Å². The molecular formula is C20H19N5OS. The van der Waals surface area contributed by atoms with Crippen molar-refractivity contribution in [3.63, 3.8) is 0 Å². The minimum absolute atomic E-state index is 0.766. The van der Waals surface area contributed by atoms with Gasteiger partial charge in [-0.15, -0.1) is 5.10 Å². The first kappa shape index (κ1) is 16.4. The van der Waals surface area contributed by atoms with Crippen LogP contribution in [0.25, 0.3) is 21.0 Å². The number of nitrogens with one attached hydrogen (secondary N) is 1. The van der Waals surface area contributed by atoms with Crippen LogP contribution in [0.3, 0.4) is 0 Å². The summed E-state index contributed by atoms with van der Waals surface area (Å²) in [4.78, 5) is 7.07. The second-order valence-corrected chi connectivity index (χ2v) is 7.59. The lowest BCUT2D eigenvalue weighted by molar-refractivity contribution is 0.122. The summed E-state index contributed by atoms with van der Waals surface area (Å²) in [7, 11) is 0. The summed E-state index contributed by atoms with van der Waals surface area (Å²) in [6, 6.07) is 14.4. The molecule has 7 heteroatoms. The third-order valence-corrected chi connectivity index (χ3v) is 5.87. The SMILES string of the molecule is Cc1nnc(Nc2ccc3nc(N4CCOCC4)sc3c2)c2ccccc12. The van der Waals surface area contributed by atoms with Gasteiger partial charge in [-0.25, -0.2) is 4.98 Å². The molecule has 1 fully saturated rings. The van der Waals surface area contributed by atoms with Crippen LogP contribution in [-0.2, 0) is 4.74 Å². The first-order chi connectivity index (χ1) is 13.3. The molecule has 1 saturated heterocycles. The fraction of sp³-hybridized carbons (Fsp3) is 0.250. The van der Waals surface area contributed by atoms with Crippen LogP contribution < -0.4 is 10.2 Å². The van der Waals surface area contributed by atoms with Crippen LogP contribution in [0.5, 0.6) is 0 Å². The summed E-state index contributed by atoms with van der Waals surface area (Å²) in [5.74, 6) is 0.772. The highest BCUT2D eigenvalue weighted by atomic mass is 32.1. The molecule has 0 atom stereocenters. The fourth-order valence-corrected chi connectivity index (χ4v) is 4.40. The molecule has 1 aliphatic heterocycles. The Kier molecular flexibility index (Phi) is 4.10. The van der Waals surface area contributed by atoms with E-state index >= 15 is 0 Å². The van der Waals surface area contributed by atoms with Crippen molar-refractivity contribution in [2.75, 3.05) is 36.5 Å². The predicted molar refractivity (Wildman–Crippen MR) is 110 cm³/mol. The zero-order valence-corrected chi connectivity index (χ0v) is 15.8. The van der Waals surface area contributed by atoms with Gasteiger partial charge in [0.25, 0.3) is 0 Å². The van der Waals surface area contributed by atoms with Crippen molar-refractivity contribution in [3.8, 4) is 0 Å². The van der Waals surface area contributed by atoms with E-state index in [1.165, 1.54) is 0 Å². The number of thiazole rings is 1. The zero-order chi connectivity index (χ0) is 18.2. The Morgan fingerprint density at radius 2 is 1.85 bits per heavy atom. The molecule has 0 radical (unpaired) electrons. The maximum absolute atomic E-state index is 5.44. The Balaban J connectivity index is 1.48. The molecule has 5 rings (SSSR count). The summed E-state index contributed by atoms with van der Waals surface area (Å²) in [6.07, 6.45) is 0. The van der Waals surface area contributed by atoms with Gasteiger partial charge in [0.2, 0.25) is 0 Å². The van der Waals surface area contributed by atoms with Gasteiger partial charge in [0.15, 0.2) is 10.9 Å². The van der Waals surface area contributed by atoms with E-state index in [1.54, 1.807) is 11.3 Å². The predicted octanol–water partition coefficient (Wildman–Crippen LogP) is 4.13. The van der Waals surface area contributed by atoms with Crippen LogP contribution in [0.4, 0.5) is 16.6 Å². The number of hydrogen-bond acceptors (Lipinski definition) is 7. The summed E-state index contributed by atoms with van der Waals surface area (Å²) in [5, 5.41) is 15.3. The number of rotatable bonds is 3. The smallest absolute Gasteiger partial charge is 0.186 e. The first-order valence-corrected chi connectivity index (χ1v) is 9.82. The molecule has 27 heavy (non-hydrogen) atoms. The third kappa shape index (κ3) is 3.09. The minimum atomic E-state index is 0.766. The number of aromatic nitrogens is 3. The van der Waals surface area contributed by atoms with Gasteiger partial charge < -0.3 is 15.0 Å². The van der Waals surface area contributed by atoms with Crippen molar-refractivity contribution in [2.45, 2.75) is 6.92 Å². The Morgan fingerprint density at radius 1 is 1.04 bits per heavy atom. The van der Waals surface area contributed by atoms with Crippen LogP contribution in [0.2, 0.25) is 0 Å². The van der Waals surface area contributed by atoms with E-state index in [1.807, 2.05) is 25.1 Å². The van der Waals surface area contributed by atoms with Crippen LogP contribution in [0.1, 0.15) is 5.69 Å². The van der Waals surface area contributed by atoms with E-state index in [4.69, 9.17) is 9.72 Å². The number of nitrogens with zero attached hydrogens (tertiary/aromatic N) is 4. The second-order valence-electron chi connectivity index (χ2n) is 6.58. The van der Waals surface area contributed by atoms with Gasteiger partial charge >= 0.3 is 0 Å². The molecule has 136 valence electrons. The average molecular weight is 377 g/mol. The van der Waals surface area contributed by atoms with Gasteiger partial charge in [-0.2, -0.15) is 5.10 Å². The lowest BCUT2D eigenvalue weighted by Gasteiger charge is -2.25. The van der Waals surface area contributed by atoms with E-state index in [0.717, 1.165) is 69.6 Å². The zero-order valence-electron chi connectivity index (χ0n) is 15.0. The summed E-state index contributed by atoms with van der Waals surface area (Å²) < 4.78 is 6.59. The van der Waals surface area contributed by atoms with Gasteiger partial charge in [0, 0.05) is 29.5 Å². The van der Waals surface area contributed by atoms with Crippen molar-refractivity contribution in [1.82, 2.24) is 15.2 Å². The maximum Gasteiger partial charge on any atom is 0.186 e. The van der Waals surface area contributed by atoms with E-state index in [9.17, 15) is 0 Å². The molecule has 1 aliphatic rings. The molecule has 1 N–H and O–H groups in total. The Labute approximate surface area is 160 Å². The quantitative estimate of drug-likeness (QED) is 0.579. The summed E-state index contributed by atoms with van der Waals surface area (Å²) in [5.41, 5.74) is 2.94. The van der Waals surface area contributed by atoms with Gasteiger partial charge in [0.1, 0.15) is 0 Å². The number of benzene rings is 2. The van der Waals surface area contributed by atoms with Crippen LogP contribution >= 0.6 is 11.3 Å². The van der Waals surface area contributed by atoms with Crippen molar-refractivity contribution in [3.05, 3.63) is 48.2 Å². The number of aryl methyl sites for hydroxylation is 1. The average Bonchev–Trinajstić information content (AvgIpc) is 3.14. The van der Waals surface area contributed by atoms with Crippen molar-refractivity contribution in [1.29, 1.82) is 0 Å². The Bertz CT molecular complexity index is 1120. The molecule has 0 aliphatic carbocycles. The van der Waals surface area contributed by atoms with Gasteiger partial charge in [-0.1, -0.05) is 35.6 Å². The number of morpholine rings is 1. The molecular weight excluding hydrogens is 358 g/mol. The molecule has 3 heterocycles. The monoisotopic (exact) mass is 377 g/mol. The number of ether oxygens (including phenoxy) is 1. The number of fused-ring (bicyclic) bond motifs is 2. The van der Waals surface area contributed by atoms with Gasteiger partial charge in [-0.3, -0.25) is 0 Å². The largest absolute Gasteiger partial charge is 0.378 e. The Hall–Kier alpha value is -2.77. The third-order valence-electron chi connectivity index (χ3n) is 4.79. The lowest BCUT2D eigenvalue weighted by Crippen LogP contribution is -2.36. The minimum Gasteiger partial charge on any atom is -0.378 e. The molecule has 0 amide bonds. The standard InChI is InChI=1S/C20H19N5OS/c1-13-15-4-2-3-5-16(15)19(24-23-13)21-14-6-7-17-18(12-14)27-20(22-17)25-8-10-26-11-9-25/h2-7,12H,8-11H2,1H3,(H,21,24). The normalized spacial score (nSPS) is 14.8. The summed E-state index contributed by atoms with van der Waals surface area (Å²) >= 11 is 1.72. The number of anilines is 3. The molecule has 4 aromatic rings. The first-order valence-electron chi connectivity index (χ1n) is 9.00. The van der Waals surface area contributed by atoms with Crippen molar-refractivity contribution >= 4 is 49.0 Å². The van der Waals surface area contributed by atoms with Crippen molar-refractivity contribution in [2.24, 2.45) is 0 Å². The molecule has 0 bridgehead atoms. The van der Waals surface area contributed by atoms with E-state index in [2.05, 4.69) is 44.7 Å². The molecule has 2 aromatic carbocycles. The molecule has 0 spiro atoms. The maximum atomic E-state index is 5.44. The van der Waals surface area contributed by atoms with Crippen LogP contribution in [0, 0.1) is 6.92 Å². The lowest BCUT2D eigenvalue weighted by atomic mass is 10.1. The van der Waals surface area contributed by atoms with Gasteiger partial charge in [-0.05, 0) is 25.1 Å². The van der Waals surface area contributed by atoms with Crippen LogP contribution in [0.15, 0.2) is 42.5 Å². The highest BCUT2D eigenvalue weighted by Crippen LogP contribution is 2.32. The van der Waals surface area contributed by atoms with Crippen molar-refractivity contribution < 1.29 is 4.74 Å². The highest BCUT2D eigenvalue weighted by molar-refractivity contribution is 7.22. The van der Waals surface area contributed by atoms with E-state index in [-0.39, 0.29) is 0 Å². The second kappa shape index (κ2) is 6.75. The number of hydrogen-bond donors (Lipinski definition) is 1. The van der Waals surface area contributed by atoms with Crippen LogP contribution in [-0.4, -0.2) is 41.5 Å². The molecule has 6 nitrogen and oxygen atoms in total. The fourth-order valence-electron chi connectivity index (χ4n) is 3.35. The van der Waals surface area contributed by atoms with Gasteiger partial charge in [0.05, 0.1) is 29.1 Å². The molecule has 0 saturated carbocycles. The Morgan fingerprint density at radius 3 is 2.70 bits per heavy atom. The molecule has 0 unspecified atom stereocenters. The highest BCUT2D eigenvalue weighted by Gasteiger charge is 2.16. The topological polar surface area (TPSA) is 63.2 Å². The van der Waals surface area contributed by atoms with E-state index < -0.39 is 0 Å².